The van der Waals surface area contributed by atoms with E-state index in [0.717, 1.165) is 43.5 Å². The molecule has 0 saturated carbocycles. The lowest BCUT2D eigenvalue weighted by Crippen LogP contribution is -2.42. The van der Waals surface area contributed by atoms with Crippen LogP contribution in [-0.4, -0.2) is 41.2 Å². The van der Waals surface area contributed by atoms with Gasteiger partial charge in [-0.25, -0.2) is 0 Å². The molecule has 41 heavy (non-hydrogen) atoms. The molecule has 5 rings (SSSR count). The van der Waals surface area contributed by atoms with Gasteiger partial charge in [-0.3, -0.25) is 9.69 Å². The van der Waals surface area contributed by atoms with Gasteiger partial charge in [-0.15, -0.1) is 12.4 Å². The summed E-state index contributed by atoms with van der Waals surface area (Å²) in [4.78, 5) is 15.0. The van der Waals surface area contributed by atoms with Crippen LogP contribution >= 0.6 is 12.4 Å². The Kier molecular flexibility index (Phi) is 11.4. The zero-order valence-corrected chi connectivity index (χ0v) is 24.1. The van der Waals surface area contributed by atoms with Crippen LogP contribution in [0.1, 0.15) is 45.5 Å². The SMILES string of the molecule is Cl.O=C(NCc1ccc2c(c1)CC(N(Cc1ccccc1)C[C@H](O)COc1ccccc1)CCC2)c1ccccc1. The van der Waals surface area contributed by atoms with Gasteiger partial charge in [0.2, 0.25) is 0 Å². The molecule has 0 heterocycles. The molecule has 1 aliphatic rings. The molecular formula is C35H39ClN2O3. The number of aliphatic hydroxyl groups is 1. The fraction of sp³-hybridized carbons (Fsp3) is 0.286. The van der Waals surface area contributed by atoms with Gasteiger partial charge in [0.05, 0.1) is 0 Å². The van der Waals surface area contributed by atoms with E-state index < -0.39 is 6.10 Å². The summed E-state index contributed by atoms with van der Waals surface area (Å²) in [7, 11) is 0. The lowest BCUT2D eigenvalue weighted by molar-refractivity contribution is 0.0463. The van der Waals surface area contributed by atoms with Gasteiger partial charge < -0.3 is 15.2 Å². The average Bonchev–Trinajstić information content (AvgIpc) is 3.22. The van der Waals surface area contributed by atoms with E-state index in [1.165, 1.54) is 16.7 Å². The van der Waals surface area contributed by atoms with Crippen LogP contribution in [0, 0.1) is 0 Å². The van der Waals surface area contributed by atoms with Gasteiger partial charge in [0, 0.05) is 31.2 Å². The van der Waals surface area contributed by atoms with Crippen molar-refractivity contribution in [3.05, 3.63) is 137 Å². The Bertz CT molecular complexity index is 1350. The zero-order chi connectivity index (χ0) is 27.6. The Morgan fingerprint density at radius 2 is 1.56 bits per heavy atom. The van der Waals surface area contributed by atoms with Crippen LogP contribution in [-0.2, 0) is 25.9 Å². The predicted molar refractivity (Wildman–Crippen MR) is 167 cm³/mol. The Labute approximate surface area is 249 Å². The van der Waals surface area contributed by atoms with Gasteiger partial charge >= 0.3 is 0 Å². The minimum atomic E-state index is -0.605. The van der Waals surface area contributed by atoms with Crippen LogP contribution in [0.3, 0.4) is 0 Å². The van der Waals surface area contributed by atoms with Gasteiger partial charge in [0.1, 0.15) is 18.5 Å². The number of hydrogen-bond donors (Lipinski definition) is 2. The molecule has 0 fully saturated rings. The molecule has 1 aliphatic carbocycles. The van der Waals surface area contributed by atoms with Crippen molar-refractivity contribution in [2.45, 2.75) is 50.9 Å². The summed E-state index contributed by atoms with van der Waals surface area (Å²) < 4.78 is 5.87. The summed E-state index contributed by atoms with van der Waals surface area (Å²) in [6.45, 7) is 2.06. The molecule has 0 spiro atoms. The standard InChI is InChI=1S/C35H38N2O3.ClH/c38-33(26-40-34-17-8-3-9-18-34)25-37(24-27-11-4-1-5-12-27)32-16-10-15-29-20-19-28(21-31(29)22-32)23-36-35(39)30-13-6-2-7-14-30;/h1-9,11-14,17-21,32-33,38H,10,15-16,22-26H2,(H,36,39);1H/t32?,33-;/m0./s1. The maximum absolute atomic E-state index is 12.6. The number of aryl methyl sites for hydroxylation is 1. The lowest BCUT2D eigenvalue weighted by atomic mass is 9.97. The lowest BCUT2D eigenvalue weighted by Gasteiger charge is -2.33. The Hall–Kier alpha value is -3.64. The highest BCUT2D eigenvalue weighted by atomic mass is 35.5. The van der Waals surface area contributed by atoms with Crippen LogP contribution in [0.4, 0.5) is 0 Å². The number of aliphatic hydroxyl groups excluding tert-OH is 1. The largest absolute Gasteiger partial charge is 0.491 e. The van der Waals surface area contributed by atoms with Gasteiger partial charge in [0.15, 0.2) is 0 Å². The third-order valence-corrected chi connectivity index (χ3v) is 7.57. The predicted octanol–water partition coefficient (Wildman–Crippen LogP) is 6.23. The molecule has 6 heteroatoms. The number of nitrogens with one attached hydrogen (secondary N) is 1. The molecule has 0 aromatic heterocycles. The highest BCUT2D eigenvalue weighted by molar-refractivity contribution is 5.94. The maximum Gasteiger partial charge on any atom is 0.251 e. The van der Waals surface area contributed by atoms with E-state index in [1.54, 1.807) is 0 Å². The van der Waals surface area contributed by atoms with Crippen molar-refractivity contribution in [1.29, 1.82) is 0 Å². The molecule has 2 N–H and O–H groups in total. The van der Waals surface area contributed by atoms with Crippen molar-refractivity contribution in [2.75, 3.05) is 13.2 Å². The number of carbonyl (C=O) groups is 1. The van der Waals surface area contributed by atoms with Crippen LogP contribution in [0.5, 0.6) is 5.75 Å². The first kappa shape index (κ1) is 30.3. The number of hydrogen-bond acceptors (Lipinski definition) is 4. The molecule has 2 atom stereocenters. The second kappa shape index (κ2) is 15.4. The van der Waals surface area contributed by atoms with E-state index in [4.69, 9.17) is 4.74 Å². The van der Waals surface area contributed by atoms with E-state index in [1.807, 2.05) is 66.7 Å². The number of halogens is 1. The first-order valence-corrected chi connectivity index (χ1v) is 14.2. The van der Waals surface area contributed by atoms with E-state index in [9.17, 15) is 9.90 Å². The fourth-order valence-corrected chi connectivity index (χ4v) is 5.49. The maximum atomic E-state index is 12.6. The van der Waals surface area contributed by atoms with Crippen LogP contribution in [0.2, 0.25) is 0 Å². The molecule has 1 amide bonds. The normalized spacial score (nSPS) is 15.2. The van der Waals surface area contributed by atoms with Crippen LogP contribution < -0.4 is 10.1 Å². The first-order valence-electron chi connectivity index (χ1n) is 14.2. The molecule has 0 saturated heterocycles. The molecule has 0 aliphatic heterocycles. The summed E-state index contributed by atoms with van der Waals surface area (Å²) in [5.41, 5.74) is 5.73. The third kappa shape index (κ3) is 8.92. The molecule has 214 valence electrons. The van der Waals surface area contributed by atoms with Crippen molar-refractivity contribution < 1.29 is 14.6 Å². The number of para-hydroxylation sites is 1. The number of fused-ring (bicyclic) bond motifs is 1. The Morgan fingerprint density at radius 1 is 0.878 bits per heavy atom. The van der Waals surface area contributed by atoms with E-state index >= 15 is 0 Å². The van der Waals surface area contributed by atoms with Crippen molar-refractivity contribution in [2.24, 2.45) is 0 Å². The van der Waals surface area contributed by atoms with Gasteiger partial charge in [-0.1, -0.05) is 84.9 Å². The third-order valence-electron chi connectivity index (χ3n) is 7.57. The Balaban J connectivity index is 0.00000387. The Morgan fingerprint density at radius 3 is 2.29 bits per heavy atom. The summed E-state index contributed by atoms with van der Waals surface area (Å²) in [6.07, 6.45) is 3.51. The van der Waals surface area contributed by atoms with Crippen molar-refractivity contribution in [3.8, 4) is 5.75 Å². The monoisotopic (exact) mass is 570 g/mol. The molecule has 0 radical (unpaired) electrons. The minimum absolute atomic E-state index is 0. The molecule has 5 nitrogen and oxygen atoms in total. The molecule has 4 aromatic rings. The summed E-state index contributed by atoms with van der Waals surface area (Å²) in [6, 6.07) is 36.4. The number of rotatable bonds is 11. The smallest absolute Gasteiger partial charge is 0.251 e. The fourth-order valence-electron chi connectivity index (χ4n) is 5.49. The summed E-state index contributed by atoms with van der Waals surface area (Å²) in [5.74, 6) is 0.709. The van der Waals surface area contributed by atoms with Crippen molar-refractivity contribution >= 4 is 18.3 Å². The van der Waals surface area contributed by atoms with Gasteiger partial charge in [-0.2, -0.15) is 0 Å². The number of ether oxygens (including phenoxy) is 1. The number of amides is 1. The molecule has 0 bridgehead atoms. The van der Waals surface area contributed by atoms with E-state index in [2.05, 4.69) is 52.7 Å². The zero-order valence-electron chi connectivity index (χ0n) is 23.3. The number of carbonyl (C=O) groups excluding carboxylic acids is 1. The van der Waals surface area contributed by atoms with Gasteiger partial charge in [0.25, 0.3) is 5.91 Å². The second-order valence-electron chi connectivity index (χ2n) is 10.6. The van der Waals surface area contributed by atoms with Crippen LogP contribution in [0.15, 0.2) is 109 Å². The van der Waals surface area contributed by atoms with Crippen LogP contribution in [0.25, 0.3) is 0 Å². The summed E-state index contributed by atoms with van der Waals surface area (Å²) in [5, 5.41) is 14.1. The van der Waals surface area contributed by atoms with Crippen molar-refractivity contribution in [1.82, 2.24) is 10.2 Å². The molecular weight excluding hydrogens is 532 g/mol. The summed E-state index contributed by atoms with van der Waals surface area (Å²) >= 11 is 0. The van der Waals surface area contributed by atoms with E-state index in [0.29, 0.717) is 24.7 Å². The molecule has 4 aromatic carbocycles. The van der Waals surface area contributed by atoms with E-state index in [-0.39, 0.29) is 24.9 Å². The topological polar surface area (TPSA) is 61.8 Å². The minimum Gasteiger partial charge on any atom is -0.491 e. The second-order valence-corrected chi connectivity index (χ2v) is 10.6. The number of benzene rings is 4. The van der Waals surface area contributed by atoms with Crippen molar-refractivity contribution in [3.63, 3.8) is 0 Å². The number of nitrogens with zero attached hydrogens (tertiary/aromatic N) is 1. The average molecular weight is 571 g/mol. The first-order chi connectivity index (χ1) is 19.6. The van der Waals surface area contributed by atoms with Gasteiger partial charge in [-0.05, 0) is 72.2 Å². The molecule has 1 unspecified atom stereocenters. The quantitative estimate of drug-likeness (QED) is 0.210. The highest BCUT2D eigenvalue weighted by Gasteiger charge is 2.25. The highest BCUT2D eigenvalue weighted by Crippen LogP contribution is 2.26.